The SMILES string of the molecule is CCCCc1nc2c(N)[n+]3c4c(cccc4c2n1Cc1cccc(CNC(=O)OCc2ccc(NC(=O)[C@H](CCCNC(N)=O)CC(=O)[C@@H](N)C(C)C)cc2)c1)CC3. The van der Waals surface area contributed by atoms with Gasteiger partial charge in [-0.3, -0.25) is 15.3 Å². The van der Waals surface area contributed by atoms with Crippen molar-refractivity contribution in [3.8, 4) is 0 Å². The molecule has 306 valence electrons. The van der Waals surface area contributed by atoms with Gasteiger partial charge in [0.05, 0.1) is 18.1 Å². The molecule has 14 nitrogen and oxygen atoms in total. The molecule has 3 heterocycles. The molecule has 5 aromatic rings. The Morgan fingerprint density at radius 2 is 1.72 bits per heavy atom. The molecule has 2 aromatic heterocycles. The number of fused-ring (bicyclic) bond motifs is 2. The molecule has 0 aliphatic carbocycles. The molecule has 0 saturated heterocycles. The second kappa shape index (κ2) is 18.9. The van der Waals surface area contributed by atoms with E-state index in [1.807, 2.05) is 26.0 Å². The van der Waals surface area contributed by atoms with E-state index in [0.29, 0.717) is 30.9 Å². The van der Waals surface area contributed by atoms with E-state index in [-0.39, 0.29) is 43.7 Å². The highest BCUT2D eigenvalue weighted by Gasteiger charge is 2.29. The summed E-state index contributed by atoms with van der Waals surface area (Å²) < 4.78 is 10.0. The van der Waals surface area contributed by atoms with Gasteiger partial charge in [-0.15, -0.1) is 0 Å². The maximum absolute atomic E-state index is 13.2. The summed E-state index contributed by atoms with van der Waals surface area (Å²) in [4.78, 5) is 54.9. The number of hydrogen-bond acceptors (Lipinski definition) is 8. The van der Waals surface area contributed by atoms with Gasteiger partial charge >= 0.3 is 17.9 Å². The number of nitrogen functional groups attached to an aromatic ring is 1. The predicted molar refractivity (Wildman–Crippen MR) is 225 cm³/mol. The lowest BCUT2D eigenvalue weighted by Crippen LogP contribution is -2.38. The molecule has 0 spiro atoms. The lowest BCUT2D eigenvalue weighted by molar-refractivity contribution is -0.648. The Kier molecular flexibility index (Phi) is 13.6. The van der Waals surface area contributed by atoms with Crippen LogP contribution >= 0.6 is 0 Å². The minimum atomic E-state index is -0.671. The Bertz CT molecular complexity index is 2290. The number of nitrogens with two attached hydrogens (primary N) is 3. The number of hydrogen-bond donors (Lipinski definition) is 6. The molecule has 0 bridgehead atoms. The fraction of sp³-hybridized carbons (Fsp3) is 0.409. The maximum atomic E-state index is 13.2. The predicted octanol–water partition coefficient (Wildman–Crippen LogP) is 5.38. The summed E-state index contributed by atoms with van der Waals surface area (Å²) in [5.74, 6) is 0.525. The average Bonchev–Trinajstić information content (AvgIpc) is 3.81. The van der Waals surface area contributed by atoms with Crippen molar-refractivity contribution >= 4 is 57.3 Å². The van der Waals surface area contributed by atoms with Crippen LogP contribution in [0.5, 0.6) is 0 Å². The molecule has 6 rings (SSSR count). The van der Waals surface area contributed by atoms with Gasteiger partial charge in [0, 0.05) is 61.5 Å². The lowest BCUT2D eigenvalue weighted by atomic mass is 9.90. The van der Waals surface area contributed by atoms with Crippen LogP contribution in [0.3, 0.4) is 0 Å². The molecule has 1 aliphatic rings. The number of pyridine rings is 1. The summed E-state index contributed by atoms with van der Waals surface area (Å²) in [7, 11) is 0. The van der Waals surface area contributed by atoms with Crippen molar-refractivity contribution in [1.82, 2.24) is 20.2 Å². The van der Waals surface area contributed by atoms with Gasteiger partial charge in [-0.05, 0) is 60.1 Å². The summed E-state index contributed by atoms with van der Waals surface area (Å²) in [6.45, 7) is 7.99. The van der Waals surface area contributed by atoms with E-state index in [2.05, 4.69) is 62.3 Å². The molecule has 2 atom stereocenters. The fourth-order valence-corrected chi connectivity index (χ4v) is 7.62. The highest BCUT2D eigenvalue weighted by molar-refractivity contribution is 6.05. The van der Waals surface area contributed by atoms with E-state index in [1.54, 1.807) is 24.3 Å². The van der Waals surface area contributed by atoms with Crippen LogP contribution in [0.15, 0.2) is 66.7 Å². The number of anilines is 2. The van der Waals surface area contributed by atoms with Gasteiger partial charge in [0.15, 0.2) is 11.3 Å². The number of para-hydroxylation sites is 1. The number of Topliss-reactive ketones (excluding diaryl/α,β-unsaturated/α-hetero) is 1. The molecule has 58 heavy (non-hydrogen) atoms. The monoisotopic (exact) mass is 790 g/mol. The lowest BCUT2D eigenvalue weighted by Gasteiger charge is -2.20. The molecule has 9 N–H and O–H groups in total. The number of ketones is 1. The Morgan fingerprint density at radius 1 is 0.966 bits per heavy atom. The van der Waals surface area contributed by atoms with E-state index in [1.165, 1.54) is 16.5 Å². The third-order valence-electron chi connectivity index (χ3n) is 10.9. The van der Waals surface area contributed by atoms with Crippen molar-refractivity contribution in [1.29, 1.82) is 0 Å². The molecule has 0 radical (unpaired) electrons. The highest BCUT2D eigenvalue weighted by Crippen LogP contribution is 2.33. The number of carbonyl (C=O) groups is 4. The summed E-state index contributed by atoms with van der Waals surface area (Å²) in [5, 5.41) is 9.41. The Hall–Kier alpha value is -6.02. The van der Waals surface area contributed by atoms with Gasteiger partial charge < -0.3 is 36.7 Å². The number of nitrogens with one attached hydrogen (secondary N) is 3. The van der Waals surface area contributed by atoms with E-state index < -0.39 is 24.1 Å². The first-order valence-corrected chi connectivity index (χ1v) is 20.2. The van der Waals surface area contributed by atoms with Gasteiger partial charge in [0.25, 0.3) is 0 Å². The number of carbonyl (C=O) groups excluding carboxylic acids is 4. The standard InChI is InChI=1S/C44H55N9O5/c1-4-5-14-36-51-38-40(34-13-7-11-31-19-21-52(39(31)34)41(38)46)53(36)25-30-10-6-9-29(22-30)24-49-44(57)58-26-28-15-17-33(18-16-28)50-42(55)32(12-8-20-48-43(47)56)23-35(54)37(45)27(2)3/h6-7,9-11,13,15-18,22,27,32,37,46H,4-5,8,12,14,19-21,23-26,45H2,1-3H3,(H5,47,48,49,50,55,56,57)/p+1/t32-,37+/m1/s1. The second-order valence-corrected chi connectivity index (χ2v) is 15.5. The van der Waals surface area contributed by atoms with Crippen molar-refractivity contribution in [2.45, 2.75) is 98.0 Å². The van der Waals surface area contributed by atoms with Crippen molar-refractivity contribution in [2.24, 2.45) is 23.3 Å². The number of nitrogens with zero attached hydrogens (tertiary/aromatic N) is 3. The highest BCUT2D eigenvalue weighted by atomic mass is 16.5. The van der Waals surface area contributed by atoms with Crippen LogP contribution in [0.2, 0.25) is 0 Å². The first-order chi connectivity index (χ1) is 27.9. The number of ether oxygens (including phenoxy) is 1. The van der Waals surface area contributed by atoms with Gasteiger partial charge in [-0.1, -0.05) is 75.7 Å². The molecule has 14 heteroatoms. The second-order valence-electron chi connectivity index (χ2n) is 15.5. The molecule has 1 aliphatic heterocycles. The van der Waals surface area contributed by atoms with E-state index in [0.717, 1.165) is 65.8 Å². The molecule has 3 aromatic carbocycles. The third-order valence-corrected chi connectivity index (χ3v) is 10.9. The molecule has 0 saturated carbocycles. The largest absolute Gasteiger partial charge is 0.445 e. The number of rotatable bonds is 19. The van der Waals surface area contributed by atoms with E-state index >= 15 is 0 Å². The number of benzene rings is 3. The molecule has 0 fully saturated rings. The minimum absolute atomic E-state index is 0.0114. The summed E-state index contributed by atoms with van der Waals surface area (Å²) in [5.41, 5.74) is 25.7. The van der Waals surface area contributed by atoms with Crippen molar-refractivity contribution in [3.05, 3.63) is 94.8 Å². The summed E-state index contributed by atoms with van der Waals surface area (Å²) in [6.07, 6.45) is 4.16. The number of alkyl carbamates (subject to hydrolysis) is 1. The Morgan fingerprint density at radius 3 is 2.47 bits per heavy atom. The van der Waals surface area contributed by atoms with Crippen LogP contribution in [-0.4, -0.2) is 46.0 Å². The molecular formula is C44H56N9O5+. The van der Waals surface area contributed by atoms with Gasteiger partial charge in [0.2, 0.25) is 5.91 Å². The van der Waals surface area contributed by atoms with Crippen LogP contribution < -0.4 is 37.7 Å². The Labute approximate surface area is 338 Å². The number of primary amides is 1. The fourth-order valence-electron chi connectivity index (χ4n) is 7.62. The number of aromatic nitrogens is 3. The quantitative estimate of drug-likeness (QED) is 0.0471. The molecule has 0 unspecified atom stereocenters. The van der Waals surface area contributed by atoms with Crippen LogP contribution in [-0.2, 0) is 53.4 Å². The van der Waals surface area contributed by atoms with E-state index in [9.17, 15) is 19.2 Å². The Balaban J connectivity index is 1.04. The first-order valence-electron chi connectivity index (χ1n) is 20.2. The van der Waals surface area contributed by atoms with Crippen LogP contribution in [0.4, 0.5) is 21.1 Å². The van der Waals surface area contributed by atoms with Crippen molar-refractivity contribution in [3.63, 3.8) is 0 Å². The number of aryl methyl sites for hydroxylation is 3. The zero-order valence-corrected chi connectivity index (χ0v) is 33.7. The number of amides is 4. The number of urea groups is 1. The normalized spacial score (nSPS) is 13.1. The minimum Gasteiger partial charge on any atom is -0.445 e. The summed E-state index contributed by atoms with van der Waals surface area (Å²) in [6, 6.07) is 20.3. The maximum Gasteiger partial charge on any atom is 0.407 e. The molecular weight excluding hydrogens is 735 g/mol. The third kappa shape index (κ3) is 9.91. The number of imidazole rings is 1. The smallest absolute Gasteiger partial charge is 0.407 e. The number of unbranched alkanes of at least 4 members (excludes halogenated alkanes) is 1. The van der Waals surface area contributed by atoms with Crippen LogP contribution in [0, 0.1) is 11.8 Å². The summed E-state index contributed by atoms with van der Waals surface area (Å²) >= 11 is 0. The van der Waals surface area contributed by atoms with Gasteiger partial charge in [-0.25, -0.2) is 19.1 Å². The van der Waals surface area contributed by atoms with Crippen molar-refractivity contribution < 1.29 is 28.5 Å². The van der Waals surface area contributed by atoms with Crippen molar-refractivity contribution in [2.75, 3.05) is 17.6 Å². The first kappa shape index (κ1) is 41.6. The zero-order valence-electron chi connectivity index (χ0n) is 33.7. The van der Waals surface area contributed by atoms with Crippen LogP contribution in [0.1, 0.15) is 81.0 Å². The average molecular weight is 791 g/mol. The van der Waals surface area contributed by atoms with Gasteiger partial charge in [-0.2, -0.15) is 0 Å². The zero-order chi connectivity index (χ0) is 41.3. The van der Waals surface area contributed by atoms with E-state index in [4.69, 9.17) is 26.9 Å². The molecule has 4 amide bonds. The topological polar surface area (TPSA) is 213 Å². The van der Waals surface area contributed by atoms with Crippen LogP contribution in [0.25, 0.3) is 21.9 Å². The van der Waals surface area contributed by atoms with Gasteiger partial charge in [0.1, 0.15) is 17.9 Å².